The summed E-state index contributed by atoms with van der Waals surface area (Å²) in [5, 5.41) is 8.86. The first kappa shape index (κ1) is 6.96. The lowest BCUT2D eigenvalue weighted by Gasteiger charge is -2.25. The molecule has 0 aromatic rings. The summed E-state index contributed by atoms with van der Waals surface area (Å²) in [6, 6.07) is -0.0385. The molecule has 1 saturated carbocycles. The molecule has 54 valence electrons. The molecule has 0 bridgehead atoms. The van der Waals surface area contributed by atoms with Crippen LogP contribution in [-0.4, -0.2) is 23.4 Å². The van der Waals surface area contributed by atoms with Crippen molar-refractivity contribution in [3.05, 3.63) is 0 Å². The van der Waals surface area contributed by atoms with Crippen LogP contribution in [0.2, 0.25) is 0 Å². The molecular weight excluding hydrogens is 121 g/mol. The molecule has 0 heterocycles. The molecule has 0 radical (unpaired) electrons. The van der Waals surface area contributed by atoms with Gasteiger partial charge in [-0.05, 0) is 19.3 Å². The van der Waals surface area contributed by atoms with Crippen molar-refractivity contribution >= 4 is 0 Å². The molecule has 3 N–H and O–H groups in total. The van der Waals surface area contributed by atoms with E-state index in [1.165, 1.54) is 0 Å². The second-order valence-electron chi connectivity index (χ2n) is 2.66. The van der Waals surface area contributed by atoms with Gasteiger partial charge in [0.15, 0.2) is 0 Å². The zero-order valence-electron chi connectivity index (χ0n) is 5.26. The van der Waals surface area contributed by atoms with Crippen molar-refractivity contribution in [3.8, 4) is 0 Å². The molecule has 1 aliphatic rings. The van der Waals surface area contributed by atoms with E-state index < -0.39 is 12.3 Å². The van der Waals surface area contributed by atoms with Crippen LogP contribution in [0, 0.1) is 0 Å². The quantitative estimate of drug-likeness (QED) is 0.495. The number of aliphatic hydroxyl groups is 1. The van der Waals surface area contributed by atoms with Gasteiger partial charge in [-0.15, -0.1) is 0 Å². The minimum atomic E-state index is -1.09. The Hall–Kier alpha value is -0.150. The Morgan fingerprint density at radius 1 is 1.44 bits per heavy atom. The Morgan fingerprint density at radius 2 is 2.11 bits per heavy atom. The van der Waals surface area contributed by atoms with E-state index in [1.807, 2.05) is 0 Å². The standard InChI is InChI=1S/C6H12FNO/c7-5-3-4(8)1-2-6(5)9/h4-6,9H,1-3,8H2/t4-,5+,6-/m1/s1. The first-order valence-electron chi connectivity index (χ1n) is 3.28. The molecule has 0 aromatic carbocycles. The van der Waals surface area contributed by atoms with E-state index in [-0.39, 0.29) is 6.04 Å². The van der Waals surface area contributed by atoms with Gasteiger partial charge in [0.1, 0.15) is 6.17 Å². The molecule has 3 atom stereocenters. The van der Waals surface area contributed by atoms with E-state index in [1.54, 1.807) is 0 Å². The van der Waals surface area contributed by atoms with Crippen LogP contribution in [0.25, 0.3) is 0 Å². The number of hydrogen-bond acceptors (Lipinski definition) is 2. The van der Waals surface area contributed by atoms with E-state index >= 15 is 0 Å². The summed E-state index contributed by atoms with van der Waals surface area (Å²) in [5.41, 5.74) is 5.44. The molecule has 1 aliphatic carbocycles. The van der Waals surface area contributed by atoms with Gasteiger partial charge in [0.2, 0.25) is 0 Å². The van der Waals surface area contributed by atoms with Gasteiger partial charge >= 0.3 is 0 Å². The van der Waals surface area contributed by atoms with Gasteiger partial charge in [-0.1, -0.05) is 0 Å². The maximum Gasteiger partial charge on any atom is 0.127 e. The van der Waals surface area contributed by atoms with Gasteiger partial charge in [0, 0.05) is 6.04 Å². The van der Waals surface area contributed by atoms with E-state index in [4.69, 9.17) is 10.8 Å². The second-order valence-corrected chi connectivity index (χ2v) is 2.66. The summed E-state index contributed by atoms with van der Waals surface area (Å²) in [6.07, 6.45) is -0.260. The Labute approximate surface area is 53.9 Å². The van der Waals surface area contributed by atoms with Gasteiger partial charge in [-0.3, -0.25) is 0 Å². The van der Waals surface area contributed by atoms with Crippen LogP contribution in [0.4, 0.5) is 4.39 Å². The summed E-state index contributed by atoms with van der Waals surface area (Å²) in [5.74, 6) is 0. The van der Waals surface area contributed by atoms with Gasteiger partial charge < -0.3 is 10.8 Å². The third-order valence-electron chi connectivity index (χ3n) is 1.78. The number of halogens is 1. The fourth-order valence-electron chi connectivity index (χ4n) is 1.13. The minimum absolute atomic E-state index is 0.0385. The molecule has 2 nitrogen and oxygen atoms in total. The molecular formula is C6H12FNO. The maximum absolute atomic E-state index is 12.5. The third-order valence-corrected chi connectivity index (χ3v) is 1.78. The smallest absolute Gasteiger partial charge is 0.127 e. The second kappa shape index (κ2) is 2.62. The Balaban J connectivity index is 2.35. The Bertz CT molecular complexity index is 99.1. The van der Waals surface area contributed by atoms with Gasteiger partial charge in [-0.25, -0.2) is 4.39 Å². The van der Waals surface area contributed by atoms with Crippen LogP contribution in [0.1, 0.15) is 19.3 Å². The molecule has 0 aliphatic heterocycles. The van der Waals surface area contributed by atoms with E-state index in [0.717, 1.165) is 6.42 Å². The van der Waals surface area contributed by atoms with Gasteiger partial charge in [-0.2, -0.15) is 0 Å². The molecule has 1 rings (SSSR count). The molecule has 0 saturated heterocycles. The molecule has 0 unspecified atom stereocenters. The monoisotopic (exact) mass is 133 g/mol. The van der Waals surface area contributed by atoms with Gasteiger partial charge in [0.25, 0.3) is 0 Å². The van der Waals surface area contributed by atoms with Crippen molar-refractivity contribution in [1.82, 2.24) is 0 Å². The van der Waals surface area contributed by atoms with E-state index in [9.17, 15) is 4.39 Å². The van der Waals surface area contributed by atoms with Crippen molar-refractivity contribution in [3.63, 3.8) is 0 Å². The number of nitrogens with two attached hydrogens (primary N) is 1. The Morgan fingerprint density at radius 3 is 2.56 bits per heavy atom. The predicted molar refractivity (Wildman–Crippen MR) is 32.7 cm³/mol. The van der Waals surface area contributed by atoms with Crippen LogP contribution in [-0.2, 0) is 0 Å². The highest BCUT2D eigenvalue weighted by Gasteiger charge is 2.26. The first-order valence-corrected chi connectivity index (χ1v) is 3.28. The molecule has 3 heteroatoms. The van der Waals surface area contributed by atoms with Crippen LogP contribution in [0.3, 0.4) is 0 Å². The van der Waals surface area contributed by atoms with Crippen molar-refractivity contribution in [2.24, 2.45) is 5.73 Å². The zero-order valence-corrected chi connectivity index (χ0v) is 5.26. The number of hydrogen-bond donors (Lipinski definition) is 2. The predicted octanol–water partition coefficient (Wildman–Crippen LogP) is 0.197. The van der Waals surface area contributed by atoms with Crippen molar-refractivity contribution in [2.75, 3.05) is 0 Å². The highest BCUT2D eigenvalue weighted by atomic mass is 19.1. The van der Waals surface area contributed by atoms with Crippen molar-refractivity contribution < 1.29 is 9.50 Å². The SMILES string of the molecule is N[C@@H]1CC[C@@H](O)[C@@H](F)C1. The molecule has 0 spiro atoms. The van der Waals surface area contributed by atoms with E-state index in [2.05, 4.69) is 0 Å². The summed E-state index contributed by atoms with van der Waals surface area (Å²) in [4.78, 5) is 0. The summed E-state index contributed by atoms with van der Waals surface area (Å²) < 4.78 is 12.5. The van der Waals surface area contributed by atoms with Crippen LogP contribution >= 0.6 is 0 Å². The molecule has 0 amide bonds. The molecule has 0 aromatic heterocycles. The topological polar surface area (TPSA) is 46.2 Å². The fourth-order valence-corrected chi connectivity index (χ4v) is 1.13. The highest BCUT2D eigenvalue weighted by Crippen LogP contribution is 2.19. The first-order chi connectivity index (χ1) is 4.20. The lowest BCUT2D eigenvalue weighted by molar-refractivity contribution is 0.0378. The lowest BCUT2D eigenvalue weighted by atomic mass is 9.92. The van der Waals surface area contributed by atoms with Gasteiger partial charge in [0.05, 0.1) is 6.10 Å². The summed E-state index contributed by atoms with van der Waals surface area (Å²) in [7, 11) is 0. The fraction of sp³-hybridized carbons (Fsp3) is 1.00. The largest absolute Gasteiger partial charge is 0.390 e. The molecule has 9 heavy (non-hydrogen) atoms. The van der Waals surface area contributed by atoms with Crippen molar-refractivity contribution in [1.29, 1.82) is 0 Å². The Kier molecular flexibility index (Phi) is 2.03. The third kappa shape index (κ3) is 1.63. The average molecular weight is 133 g/mol. The van der Waals surface area contributed by atoms with E-state index in [0.29, 0.717) is 12.8 Å². The van der Waals surface area contributed by atoms with Crippen LogP contribution < -0.4 is 5.73 Å². The maximum atomic E-state index is 12.5. The number of aliphatic hydroxyl groups excluding tert-OH is 1. The highest BCUT2D eigenvalue weighted by molar-refractivity contribution is 4.80. The summed E-state index contributed by atoms with van der Waals surface area (Å²) >= 11 is 0. The summed E-state index contributed by atoms with van der Waals surface area (Å²) in [6.45, 7) is 0. The zero-order chi connectivity index (χ0) is 6.85. The van der Waals surface area contributed by atoms with Crippen LogP contribution in [0.15, 0.2) is 0 Å². The number of rotatable bonds is 0. The van der Waals surface area contributed by atoms with Crippen LogP contribution in [0.5, 0.6) is 0 Å². The molecule has 1 fully saturated rings. The normalized spacial score (nSPS) is 45.0. The average Bonchev–Trinajstić information content (AvgIpc) is 1.80. The lowest BCUT2D eigenvalue weighted by Crippen LogP contribution is -2.37. The minimum Gasteiger partial charge on any atom is -0.390 e. The number of alkyl halides is 1. The van der Waals surface area contributed by atoms with Crippen molar-refractivity contribution in [2.45, 2.75) is 37.6 Å².